The Balaban J connectivity index is 1.85. The van der Waals surface area contributed by atoms with Crippen molar-refractivity contribution < 1.29 is 31.2 Å². The van der Waals surface area contributed by atoms with E-state index >= 15 is 0 Å². The molecular weight excluding hydrogens is 663 g/mol. The summed E-state index contributed by atoms with van der Waals surface area (Å²) in [6.45, 7) is 4.84. The van der Waals surface area contributed by atoms with E-state index in [0.29, 0.717) is 27.5 Å². The number of halogens is 4. The van der Waals surface area contributed by atoms with Gasteiger partial charge in [-0.15, -0.1) is 0 Å². The van der Waals surface area contributed by atoms with Crippen LogP contribution in [-0.4, -0.2) is 44.3 Å². The molecule has 0 saturated heterocycles. The van der Waals surface area contributed by atoms with E-state index in [1.165, 1.54) is 23.1 Å². The number of nitrogens with one attached hydrogen (secondary N) is 1. The number of sulfonamides is 1. The fourth-order valence-corrected chi connectivity index (χ4v) is 6.59. The van der Waals surface area contributed by atoms with Gasteiger partial charge in [0.15, 0.2) is 0 Å². The third-order valence-corrected chi connectivity index (χ3v) is 9.76. The summed E-state index contributed by atoms with van der Waals surface area (Å²) in [4.78, 5) is 29.4. The van der Waals surface area contributed by atoms with Gasteiger partial charge >= 0.3 is 6.18 Å². The van der Waals surface area contributed by atoms with E-state index in [1.54, 1.807) is 67.6 Å². The van der Waals surface area contributed by atoms with Crippen LogP contribution in [-0.2, 0) is 38.8 Å². The molecule has 0 saturated carbocycles. The van der Waals surface area contributed by atoms with Gasteiger partial charge in [0.1, 0.15) is 12.6 Å². The Morgan fingerprint density at radius 1 is 0.875 bits per heavy atom. The molecule has 1 N–H and O–H groups in total. The monoisotopic (exact) mass is 699 g/mol. The maximum atomic E-state index is 14.5. The summed E-state index contributed by atoms with van der Waals surface area (Å²) in [5.41, 5.74) is 0.549. The van der Waals surface area contributed by atoms with Gasteiger partial charge in [-0.3, -0.25) is 13.9 Å². The fraction of sp³-hybridized carbons (Fsp3) is 0.278. The molecule has 0 unspecified atom stereocenters. The Labute approximate surface area is 284 Å². The van der Waals surface area contributed by atoms with E-state index in [0.717, 1.165) is 23.3 Å². The van der Waals surface area contributed by atoms with Crippen LogP contribution >= 0.6 is 11.6 Å². The summed E-state index contributed by atoms with van der Waals surface area (Å²) < 4.78 is 70.3. The highest BCUT2D eigenvalue weighted by molar-refractivity contribution is 7.92. The number of hydrogen-bond donors (Lipinski definition) is 1. The third-order valence-electron chi connectivity index (χ3n) is 7.60. The first-order valence-electron chi connectivity index (χ1n) is 15.3. The Morgan fingerprint density at radius 3 is 2.15 bits per heavy atom. The van der Waals surface area contributed by atoms with Gasteiger partial charge in [0.05, 0.1) is 16.1 Å². The normalized spacial score (nSPS) is 12.4. The lowest BCUT2D eigenvalue weighted by Gasteiger charge is -2.34. The predicted octanol–water partition coefficient (Wildman–Crippen LogP) is 7.27. The largest absolute Gasteiger partial charge is 0.416 e. The lowest BCUT2D eigenvalue weighted by Crippen LogP contribution is -2.53. The smallest absolute Gasteiger partial charge is 0.354 e. The minimum Gasteiger partial charge on any atom is -0.354 e. The molecule has 0 aliphatic carbocycles. The van der Waals surface area contributed by atoms with Crippen LogP contribution in [0.25, 0.3) is 0 Å². The zero-order valence-electron chi connectivity index (χ0n) is 26.7. The van der Waals surface area contributed by atoms with Crippen molar-refractivity contribution >= 4 is 39.1 Å². The first-order valence-corrected chi connectivity index (χ1v) is 17.1. The van der Waals surface area contributed by atoms with E-state index in [-0.39, 0.29) is 29.5 Å². The number of benzene rings is 4. The molecule has 0 aliphatic rings. The van der Waals surface area contributed by atoms with Crippen molar-refractivity contribution in [3.63, 3.8) is 0 Å². The molecule has 0 fully saturated rings. The number of carbonyl (C=O) groups is 2. The molecule has 1 atom stereocenters. The zero-order chi connectivity index (χ0) is 35.1. The minimum atomic E-state index is -4.77. The SMILES string of the molecule is Cc1ccc(S(=O)(=O)N(CC(=O)N(Cc2ccccc2Cl)[C@@H](Cc2ccccc2)C(=O)NCC(C)C)c2cccc(C(F)(F)F)c2)cc1. The van der Waals surface area contributed by atoms with Gasteiger partial charge < -0.3 is 10.2 Å². The van der Waals surface area contributed by atoms with E-state index in [4.69, 9.17) is 11.6 Å². The molecule has 4 rings (SSSR count). The van der Waals surface area contributed by atoms with Crippen molar-refractivity contribution in [3.8, 4) is 0 Å². The predicted molar refractivity (Wildman–Crippen MR) is 181 cm³/mol. The average molecular weight is 700 g/mol. The van der Waals surface area contributed by atoms with Gasteiger partial charge in [-0.1, -0.05) is 97.7 Å². The van der Waals surface area contributed by atoms with Crippen LogP contribution in [0, 0.1) is 12.8 Å². The Hall–Kier alpha value is -4.35. The van der Waals surface area contributed by atoms with Crippen molar-refractivity contribution in [2.45, 2.75) is 50.9 Å². The van der Waals surface area contributed by atoms with Gasteiger partial charge in [0, 0.05) is 24.5 Å². The summed E-state index contributed by atoms with van der Waals surface area (Å²) in [5.74, 6) is -1.20. The van der Waals surface area contributed by atoms with E-state index in [9.17, 15) is 31.2 Å². The molecule has 0 radical (unpaired) electrons. The molecule has 0 heterocycles. The highest BCUT2D eigenvalue weighted by Crippen LogP contribution is 2.33. The van der Waals surface area contributed by atoms with Crippen molar-refractivity contribution in [3.05, 3.63) is 130 Å². The lowest BCUT2D eigenvalue weighted by molar-refractivity contribution is -0.140. The number of carbonyl (C=O) groups excluding carboxylic acids is 2. The third kappa shape index (κ3) is 9.38. The quantitative estimate of drug-likeness (QED) is 0.159. The van der Waals surface area contributed by atoms with Gasteiger partial charge in [0.25, 0.3) is 10.0 Å². The maximum Gasteiger partial charge on any atom is 0.416 e. The summed E-state index contributed by atoms with van der Waals surface area (Å²) >= 11 is 6.50. The summed E-state index contributed by atoms with van der Waals surface area (Å²) in [6.07, 6.45) is -4.69. The number of aryl methyl sites for hydroxylation is 1. The van der Waals surface area contributed by atoms with Crippen molar-refractivity contribution in [2.75, 3.05) is 17.4 Å². The second-order valence-corrected chi connectivity index (χ2v) is 14.1. The highest BCUT2D eigenvalue weighted by Gasteiger charge is 2.36. The van der Waals surface area contributed by atoms with Crippen LogP contribution in [0.2, 0.25) is 5.02 Å². The van der Waals surface area contributed by atoms with E-state index in [2.05, 4.69) is 5.32 Å². The first kappa shape index (κ1) is 36.5. The Morgan fingerprint density at radius 2 is 1.52 bits per heavy atom. The van der Waals surface area contributed by atoms with Gasteiger partial charge in [0.2, 0.25) is 11.8 Å². The zero-order valence-corrected chi connectivity index (χ0v) is 28.3. The molecule has 254 valence electrons. The molecule has 4 aromatic rings. The molecule has 4 aromatic carbocycles. The molecule has 0 aromatic heterocycles. The molecule has 0 bridgehead atoms. The van der Waals surface area contributed by atoms with Crippen molar-refractivity contribution in [1.29, 1.82) is 0 Å². The number of nitrogens with zero attached hydrogens (tertiary/aromatic N) is 2. The standard InChI is InChI=1S/C36H37ClF3N3O4S/c1-25(2)22-41-35(45)33(20-27-10-5-4-6-11-27)42(23-28-12-7-8-15-32(28)37)34(44)24-43(30-14-9-13-29(21-30)36(38,39)40)48(46,47)31-18-16-26(3)17-19-31/h4-19,21,25,33H,20,22-24H2,1-3H3,(H,41,45)/t33-/m0/s1. The first-order chi connectivity index (χ1) is 22.7. The minimum absolute atomic E-state index is 0.0786. The number of alkyl halides is 3. The van der Waals surface area contributed by atoms with Crippen LogP contribution in [0.15, 0.2) is 108 Å². The second-order valence-electron chi connectivity index (χ2n) is 11.8. The highest BCUT2D eigenvalue weighted by atomic mass is 35.5. The molecule has 48 heavy (non-hydrogen) atoms. The number of rotatable bonds is 13. The van der Waals surface area contributed by atoms with Crippen LogP contribution in [0.3, 0.4) is 0 Å². The van der Waals surface area contributed by atoms with Gasteiger partial charge in [-0.05, 0) is 60.4 Å². The van der Waals surface area contributed by atoms with Gasteiger partial charge in [-0.25, -0.2) is 8.42 Å². The summed E-state index contributed by atoms with van der Waals surface area (Å²) in [7, 11) is -4.58. The van der Waals surface area contributed by atoms with Crippen LogP contribution in [0.1, 0.15) is 36.1 Å². The lowest BCUT2D eigenvalue weighted by atomic mass is 10.0. The van der Waals surface area contributed by atoms with E-state index in [1.807, 2.05) is 19.9 Å². The second kappa shape index (κ2) is 15.7. The van der Waals surface area contributed by atoms with Crippen LogP contribution in [0.5, 0.6) is 0 Å². The topological polar surface area (TPSA) is 86.8 Å². The Bertz CT molecular complexity index is 1820. The summed E-state index contributed by atoms with van der Waals surface area (Å²) in [6, 6.07) is 24.2. The number of amides is 2. The number of hydrogen-bond acceptors (Lipinski definition) is 4. The Kier molecular flexibility index (Phi) is 11.9. The van der Waals surface area contributed by atoms with Gasteiger partial charge in [-0.2, -0.15) is 13.2 Å². The van der Waals surface area contributed by atoms with E-state index < -0.39 is 46.2 Å². The van der Waals surface area contributed by atoms with Crippen molar-refractivity contribution in [1.82, 2.24) is 10.2 Å². The van der Waals surface area contributed by atoms with Crippen molar-refractivity contribution in [2.24, 2.45) is 5.92 Å². The van der Waals surface area contributed by atoms with Crippen LogP contribution < -0.4 is 9.62 Å². The maximum absolute atomic E-state index is 14.5. The number of anilines is 1. The van der Waals surface area contributed by atoms with Crippen LogP contribution in [0.4, 0.5) is 18.9 Å². The molecule has 0 aliphatic heterocycles. The molecular formula is C36H37ClF3N3O4S. The molecule has 0 spiro atoms. The molecule has 2 amide bonds. The average Bonchev–Trinajstić information content (AvgIpc) is 3.05. The molecule has 12 heteroatoms. The molecule has 7 nitrogen and oxygen atoms in total. The summed E-state index contributed by atoms with van der Waals surface area (Å²) in [5, 5.41) is 3.20. The fourth-order valence-electron chi connectivity index (χ4n) is 4.99.